The van der Waals surface area contributed by atoms with Crippen molar-refractivity contribution in [2.75, 3.05) is 14.2 Å². The van der Waals surface area contributed by atoms with Crippen molar-refractivity contribution >= 4 is 27.3 Å². The lowest BCUT2D eigenvalue weighted by Gasteiger charge is -2.24. The van der Waals surface area contributed by atoms with E-state index in [0.717, 1.165) is 4.41 Å². The maximum atomic E-state index is 13.5. The SMILES string of the molecule is COc1ccc(C2=NN(S(=O)(=O)c3ccccc3)C(c3ccccc3Cl)C2)c(OC)c1. The smallest absolute Gasteiger partial charge is 0.279 e. The fraction of sp³-hybridized carbons (Fsp3) is 0.174. The first-order valence-corrected chi connectivity index (χ1v) is 11.4. The Kier molecular flexibility index (Phi) is 5.89. The van der Waals surface area contributed by atoms with Crippen LogP contribution in [0.3, 0.4) is 0 Å². The molecule has 1 atom stereocenters. The molecule has 160 valence electrons. The van der Waals surface area contributed by atoms with Crippen LogP contribution in [0.1, 0.15) is 23.6 Å². The van der Waals surface area contributed by atoms with Gasteiger partial charge in [0, 0.05) is 23.1 Å². The Bertz CT molecular complexity index is 1230. The van der Waals surface area contributed by atoms with Gasteiger partial charge in [-0.05, 0) is 35.9 Å². The van der Waals surface area contributed by atoms with E-state index in [1.165, 1.54) is 0 Å². The third-order valence-electron chi connectivity index (χ3n) is 5.14. The van der Waals surface area contributed by atoms with E-state index in [4.69, 9.17) is 21.1 Å². The van der Waals surface area contributed by atoms with Crippen molar-refractivity contribution < 1.29 is 17.9 Å². The van der Waals surface area contributed by atoms with Crippen molar-refractivity contribution in [3.05, 3.63) is 88.9 Å². The third kappa shape index (κ3) is 3.98. The van der Waals surface area contributed by atoms with Crippen LogP contribution in [0, 0.1) is 0 Å². The van der Waals surface area contributed by atoms with Gasteiger partial charge in [0.2, 0.25) is 0 Å². The molecule has 3 aromatic carbocycles. The number of hydrogen-bond donors (Lipinski definition) is 0. The molecule has 0 aliphatic carbocycles. The lowest BCUT2D eigenvalue weighted by molar-refractivity contribution is 0.371. The minimum atomic E-state index is -3.90. The summed E-state index contributed by atoms with van der Waals surface area (Å²) in [7, 11) is -0.778. The molecular formula is C23H21ClN2O4S. The zero-order chi connectivity index (χ0) is 22.0. The van der Waals surface area contributed by atoms with Crippen LogP contribution in [0.2, 0.25) is 5.02 Å². The molecule has 0 saturated heterocycles. The van der Waals surface area contributed by atoms with E-state index in [9.17, 15) is 8.42 Å². The predicted molar refractivity (Wildman–Crippen MR) is 120 cm³/mol. The highest BCUT2D eigenvalue weighted by Gasteiger charge is 2.39. The van der Waals surface area contributed by atoms with Gasteiger partial charge < -0.3 is 9.47 Å². The average molecular weight is 457 g/mol. The molecule has 3 aromatic rings. The topological polar surface area (TPSA) is 68.2 Å². The lowest BCUT2D eigenvalue weighted by atomic mass is 9.98. The van der Waals surface area contributed by atoms with E-state index >= 15 is 0 Å². The molecule has 1 aliphatic heterocycles. The highest BCUT2D eigenvalue weighted by molar-refractivity contribution is 7.89. The molecule has 0 spiro atoms. The van der Waals surface area contributed by atoms with Gasteiger partial charge in [-0.1, -0.05) is 48.0 Å². The minimum absolute atomic E-state index is 0.166. The van der Waals surface area contributed by atoms with Gasteiger partial charge in [0.25, 0.3) is 10.0 Å². The standard InChI is InChI=1S/C23H21ClN2O4S/c1-29-16-12-13-19(23(14-16)30-2)21-15-22(18-10-6-7-11-20(18)24)26(25-21)31(27,28)17-8-4-3-5-9-17/h3-14,22H,15H2,1-2H3. The first-order chi connectivity index (χ1) is 15.0. The van der Waals surface area contributed by atoms with E-state index in [0.29, 0.717) is 39.8 Å². The van der Waals surface area contributed by atoms with Gasteiger partial charge in [-0.3, -0.25) is 0 Å². The van der Waals surface area contributed by atoms with Crippen LogP contribution in [0.5, 0.6) is 11.5 Å². The molecule has 0 aromatic heterocycles. The number of benzene rings is 3. The Morgan fingerprint density at radius 3 is 2.35 bits per heavy atom. The number of nitrogens with zero attached hydrogens (tertiary/aromatic N) is 2. The second-order valence-electron chi connectivity index (χ2n) is 6.94. The zero-order valence-corrected chi connectivity index (χ0v) is 18.6. The average Bonchev–Trinajstić information content (AvgIpc) is 3.25. The van der Waals surface area contributed by atoms with Gasteiger partial charge in [-0.2, -0.15) is 17.9 Å². The monoisotopic (exact) mass is 456 g/mol. The summed E-state index contributed by atoms with van der Waals surface area (Å²) >= 11 is 6.44. The van der Waals surface area contributed by atoms with Crippen LogP contribution in [0.15, 0.2) is 82.8 Å². The van der Waals surface area contributed by atoms with Crippen molar-refractivity contribution in [3.8, 4) is 11.5 Å². The number of ether oxygens (including phenoxy) is 2. The molecule has 8 heteroatoms. The number of hydrogen-bond acceptors (Lipinski definition) is 5. The van der Waals surface area contributed by atoms with Crippen molar-refractivity contribution in [1.82, 2.24) is 4.41 Å². The molecule has 0 N–H and O–H groups in total. The normalized spacial score (nSPS) is 16.2. The van der Waals surface area contributed by atoms with Crippen LogP contribution < -0.4 is 9.47 Å². The Hall–Kier alpha value is -3.03. The van der Waals surface area contributed by atoms with Gasteiger partial charge >= 0.3 is 0 Å². The van der Waals surface area contributed by atoms with E-state index in [2.05, 4.69) is 5.10 Å². The fourth-order valence-corrected chi connectivity index (χ4v) is 5.30. The Morgan fingerprint density at radius 1 is 0.968 bits per heavy atom. The Balaban J connectivity index is 1.85. The predicted octanol–water partition coefficient (Wildman–Crippen LogP) is 4.90. The summed E-state index contributed by atoms with van der Waals surface area (Å²) in [5, 5.41) is 5.04. The minimum Gasteiger partial charge on any atom is -0.497 e. The van der Waals surface area contributed by atoms with Crippen molar-refractivity contribution in [2.45, 2.75) is 17.4 Å². The molecule has 1 aliphatic rings. The zero-order valence-electron chi connectivity index (χ0n) is 17.0. The van der Waals surface area contributed by atoms with Crippen LogP contribution in [-0.2, 0) is 10.0 Å². The summed E-state index contributed by atoms with van der Waals surface area (Å²) in [6.45, 7) is 0. The largest absolute Gasteiger partial charge is 0.497 e. The second kappa shape index (κ2) is 8.61. The first kappa shape index (κ1) is 21.2. The molecule has 0 radical (unpaired) electrons. The van der Waals surface area contributed by atoms with Crippen molar-refractivity contribution in [2.24, 2.45) is 5.10 Å². The molecule has 31 heavy (non-hydrogen) atoms. The molecule has 1 heterocycles. The van der Waals surface area contributed by atoms with Gasteiger partial charge in [0.15, 0.2) is 0 Å². The first-order valence-electron chi connectivity index (χ1n) is 9.59. The van der Waals surface area contributed by atoms with Crippen LogP contribution in [0.25, 0.3) is 0 Å². The number of sulfonamides is 1. The number of methoxy groups -OCH3 is 2. The molecule has 1 unspecified atom stereocenters. The van der Waals surface area contributed by atoms with E-state index in [1.807, 2.05) is 24.3 Å². The number of hydrazone groups is 1. The van der Waals surface area contributed by atoms with Crippen LogP contribution >= 0.6 is 11.6 Å². The van der Waals surface area contributed by atoms with Crippen LogP contribution in [0.4, 0.5) is 0 Å². The van der Waals surface area contributed by atoms with Crippen molar-refractivity contribution in [3.63, 3.8) is 0 Å². The fourth-order valence-electron chi connectivity index (χ4n) is 3.59. The Labute approximate surface area is 186 Å². The quantitative estimate of drug-likeness (QED) is 0.529. The summed E-state index contributed by atoms with van der Waals surface area (Å²) in [4.78, 5) is 0.166. The second-order valence-corrected chi connectivity index (χ2v) is 9.15. The molecule has 0 bridgehead atoms. The highest BCUT2D eigenvalue weighted by Crippen LogP contribution is 2.41. The summed E-state index contributed by atoms with van der Waals surface area (Å²) < 4.78 is 38.9. The molecule has 6 nitrogen and oxygen atoms in total. The van der Waals surface area contributed by atoms with E-state index < -0.39 is 16.1 Å². The van der Waals surface area contributed by atoms with E-state index in [1.54, 1.807) is 62.8 Å². The molecule has 0 saturated carbocycles. The number of halogens is 1. The Morgan fingerprint density at radius 2 is 1.68 bits per heavy atom. The van der Waals surface area contributed by atoms with Gasteiger partial charge in [-0.25, -0.2) is 0 Å². The molecule has 4 rings (SSSR count). The van der Waals surface area contributed by atoms with Gasteiger partial charge in [0.05, 0.1) is 30.9 Å². The third-order valence-corrected chi connectivity index (χ3v) is 7.18. The lowest BCUT2D eigenvalue weighted by Crippen LogP contribution is -2.27. The van der Waals surface area contributed by atoms with Gasteiger partial charge in [-0.15, -0.1) is 0 Å². The van der Waals surface area contributed by atoms with E-state index in [-0.39, 0.29) is 4.90 Å². The van der Waals surface area contributed by atoms with Crippen molar-refractivity contribution in [1.29, 1.82) is 0 Å². The highest BCUT2D eigenvalue weighted by atomic mass is 35.5. The maximum Gasteiger partial charge on any atom is 0.279 e. The molecule has 0 fully saturated rings. The summed E-state index contributed by atoms with van der Waals surface area (Å²) in [5.41, 5.74) is 1.98. The summed E-state index contributed by atoms with van der Waals surface area (Å²) in [6.07, 6.45) is 0.346. The summed E-state index contributed by atoms with van der Waals surface area (Å²) in [6, 6.07) is 20.2. The van der Waals surface area contributed by atoms with Crippen LogP contribution in [-0.4, -0.2) is 32.8 Å². The summed E-state index contributed by atoms with van der Waals surface area (Å²) in [5.74, 6) is 1.19. The number of rotatable bonds is 6. The van der Waals surface area contributed by atoms with Gasteiger partial charge in [0.1, 0.15) is 11.5 Å². The molecule has 0 amide bonds. The molecular weight excluding hydrogens is 436 g/mol. The maximum absolute atomic E-state index is 13.5.